The summed E-state index contributed by atoms with van der Waals surface area (Å²) in [6.45, 7) is 2.56. The molecule has 0 saturated carbocycles. The van der Waals surface area contributed by atoms with Crippen LogP contribution in [0, 0.1) is 0 Å². The third kappa shape index (κ3) is 4.68. The molecule has 8 nitrogen and oxygen atoms in total. The lowest BCUT2D eigenvalue weighted by Crippen LogP contribution is -2.24. The van der Waals surface area contributed by atoms with Crippen LogP contribution in [0.5, 0.6) is 11.5 Å². The number of para-hydroxylation sites is 1. The first-order valence-corrected chi connectivity index (χ1v) is 11.6. The van der Waals surface area contributed by atoms with Crippen LogP contribution in [0.2, 0.25) is 0 Å². The minimum absolute atomic E-state index is 0.0697. The molecule has 1 amide bonds. The molecule has 2 heterocycles. The quantitative estimate of drug-likeness (QED) is 0.282. The summed E-state index contributed by atoms with van der Waals surface area (Å²) in [5.74, 6) is 0.949. The van der Waals surface area contributed by atoms with Crippen molar-refractivity contribution in [2.24, 2.45) is 0 Å². The first-order chi connectivity index (χ1) is 16.0. The van der Waals surface area contributed by atoms with E-state index in [-0.39, 0.29) is 22.8 Å². The third-order valence-corrected chi connectivity index (χ3v) is 6.17. The minimum atomic E-state index is -0.250. The van der Waals surface area contributed by atoms with Gasteiger partial charge in [-0.25, -0.2) is 4.98 Å². The Bertz CT molecular complexity index is 1360. The number of fused-ring (bicyclic) bond motifs is 3. The fourth-order valence-corrected chi connectivity index (χ4v) is 4.32. The maximum absolute atomic E-state index is 13.2. The normalized spacial score (nSPS) is 11.1. The number of hydrogen-bond acceptors (Lipinski definition) is 7. The molecule has 2 aromatic carbocycles. The van der Waals surface area contributed by atoms with Crippen molar-refractivity contribution in [3.8, 4) is 11.5 Å². The Morgan fingerprint density at radius 1 is 1.18 bits per heavy atom. The smallest absolute Gasteiger partial charge is 0.297 e. The number of hydrogen-bond donors (Lipinski definition) is 1. The van der Waals surface area contributed by atoms with E-state index < -0.39 is 0 Å². The number of ether oxygens (including phenoxy) is 2. The zero-order valence-corrected chi connectivity index (χ0v) is 19.5. The summed E-state index contributed by atoms with van der Waals surface area (Å²) in [4.78, 5) is 30.7. The second-order valence-corrected chi connectivity index (χ2v) is 8.33. The molecule has 9 heteroatoms. The number of rotatable bonds is 9. The minimum Gasteiger partial charge on any atom is -0.497 e. The Labute approximate surface area is 194 Å². The van der Waals surface area contributed by atoms with Crippen molar-refractivity contribution in [3.05, 3.63) is 52.8 Å². The van der Waals surface area contributed by atoms with Crippen LogP contribution >= 0.6 is 11.8 Å². The average molecular weight is 468 g/mol. The van der Waals surface area contributed by atoms with Crippen molar-refractivity contribution >= 4 is 45.4 Å². The van der Waals surface area contributed by atoms with Gasteiger partial charge in [0.25, 0.3) is 5.56 Å². The van der Waals surface area contributed by atoms with E-state index in [0.717, 1.165) is 18.2 Å². The van der Waals surface area contributed by atoms with Crippen LogP contribution in [-0.2, 0) is 11.3 Å². The van der Waals surface area contributed by atoms with Gasteiger partial charge in [0, 0.05) is 18.0 Å². The van der Waals surface area contributed by atoms with Gasteiger partial charge in [-0.3, -0.25) is 14.2 Å². The van der Waals surface area contributed by atoms with Gasteiger partial charge < -0.3 is 19.2 Å². The standard InChI is InChI=1S/C24H25N3O5S/c1-4-5-12-27-23(29)22-21(16-8-6-7-9-18(16)32-22)26-24(27)33-14-20(28)25-17-13-15(30-2)10-11-19(17)31-3/h6-11,13H,4-5,12,14H2,1-3H3,(H,25,28). The summed E-state index contributed by atoms with van der Waals surface area (Å²) in [5, 5.41) is 4.11. The number of thioether (sulfide) groups is 1. The lowest BCUT2D eigenvalue weighted by atomic mass is 10.2. The monoisotopic (exact) mass is 467 g/mol. The van der Waals surface area contributed by atoms with Crippen molar-refractivity contribution in [1.82, 2.24) is 9.55 Å². The predicted molar refractivity (Wildman–Crippen MR) is 130 cm³/mol. The van der Waals surface area contributed by atoms with E-state index in [1.165, 1.54) is 18.9 Å². The molecule has 0 saturated heterocycles. The number of carbonyl (C=O) groups excluding carboxylic acids is 1. The summed E-state index contributed by atoms with van der Waals surface area (Å²) in [5.41, 5.74) is 1.64. The van der Waals surface area contributed by atoms with Gasteiger partial charge in [-0.2, -0.15) is 0 Å². The first-order valence-electron chi connectivity index (χ1n) is 10.6. The fraction of sp³-hybridized carbons (Fsp3) is 0.292. The molecule has 0 spiro atoms. The molecule has 0 radical (unpaired) electrons. The topological polar surface area (TPSA) is 95.6 Å². The van der Waals surface area contributed by atoms with Gasteiger partial charge in [0.2, 0.25) is 11.5 Å². The van der Waals surface area contributed by atoms with Gasteiger partial charge in [0.05, 0.1) is 25.7 Å². The molecule has 33 heavy (non-hydrogen) atoms. The van der Waals surface area contributed by atoms with Crippen LogP contribution in [0.15, 0.2) is 56.8 Å². The molecule has 0 aliphatic carbocycles. The number of amides is 1. The summed E-state index contributed by atoms with van der Waals surface area (Å²) in [7, 11) is 3.09. The number of benzene rings is 2. The highest BCUT2D eigenvalue weighted by atomic mass is 32.2. The second kappa shape index (κ2) is 9.99. The van der Waals surface area contributed by atoms with E-state index in [2.05, 4.69) is 12.2 Å². The average Bonchev–Trinajstić information content (AvgIpc) is 3.21. The molecular formula is C24H25N3O5S. The fourth-order valence-electron chi connectivity index (χ4n) is 3.51. The Kier molecular flexibility index (Phi) is 6.88. The number of unbranched alkanes of at least 4 members (excludes halogenated alkanes) is 1. The molecule has 0 aliphatic rings. The summed E-state index contributed by atoms with van der Waals surface area (Å²) < 4.78 is 17.9. The Balaban J connectivity index is 1.63. The molecule has 172 valence electrons. The van der Waals surface area contributed by atoms with Gasteiger partial charge in [-0.05, 0) is 30.7 Å². The van der Waals surface area contributed by atoms with Crippen molar-refractivity contribution in [1.29, 1.82) is 0 Å². The molecule has 0 atom stereocenters. The number of methoxy groups -OCH3 is 2. The molecule has 0 bridgehead atoms. The van der Waals surface area contributed by atoms with E-state index in [0.29, 0.717) is 40.0 Å². The van der Waals surface area contributed by atoms with Gasteiger partial charge >= 0.3 is 0 Å². The van der Waals surface area contributed by atoms with Gasteiger partial charge in [-0.15, -0.1) is 0 Å². The van der Waals surface area contributed by atoms with E-state index >= 15 is 0 Å². The maximum atomic E-state index is 13.2. The van der Waals surface area contributed by atoms with Crippen molar-refractivity contribution in [2.45, 2.75) is 31.5 Å². The number of aromatic nitrogens is 2. The number of nitrogens with zero attached hydrogens (tertiary/aromatic N) is 2. The van der Waals surface area contributed by atoms with E-state index in [1.807, 2.05) is 24.3 Å². The van der Waals surface area contributed by atoms with E-state index in [9.17, 15) is 9.59 Å². The Morgan fingerprint density at radius 3 is 2.76 bits per heavy atom. The third-order valence-electron chi connectivity index (χ3n) is 5.20. The van der Waals surface area contributed by atoms with Gasteiger partial charge in [0.15, 0.2) is 5.16 Å². The van der Waals surface area contributed by atoms with Gasteiger partial charge in [0.1, 0.15) is 22.6 Å². The highest BCUT2D eigenvalue weighted by molar-refractivity contribution is 7.99. The highest BCUT2D eigenvalue weighted by Crippen LogP contribution is 2.30. The first kappa shape index (κ1) is 22.7. The SMILES string of the molecule is CCCCn1c(SCC(=O)Nc2cc(OC)ccc2OC)nc2c(oc3ccccc32)c1=O. The van der Waals surface area contributed by atoms with E-state index in [1.54, 1.807) is 29.9 Å². The van der Waals surface area contributed by atoms with Gasteiger partial charge in [-0.1, -0.05) is 37.2 Å². The van der Waals surface area contributed by atoms with Crippen molar-refractivity contribution < 1.29 is 18.7 Å². The largest absolute Gasteiger partial charge is 0.497 e. The molecule has 0 unspecified atom stereocenters. The lowest BCUT2D eigenvalue weighted by molar-refractivity contribution is -0.113. The number of furan rings is 1. The van der Waals surface area contributed by atoms with Crippen LogP contribution in [0.1, 0.15) is 19.8 Å². The summed E-state index contributed by atoms with van der Waals surface area (Å²) >= 11 is 1.22. The molecule has 0 fully saturated rings. The zero-order chi connectivity index (χ0) is 23.4. The zero-order valence-electron chi connectivity index (χ0n) is 18.7. The lowest BCUT2D eigenvalue weighted by Gasteiger charge is -2.13. The molecule has 4 rings (SSSR count). The van der Waals surface area contributed by atoms with Crippen LogP contribution in [0.3, 0.4) is 0 Å². The number of anilines is 1. The summed E-state index contributed by atoms with van der Waals surface area (Å²) in [6, 6.07) is 12.6. The number of nitrogens with one attached hydrogen (secondary N) is 1. The highest BCUT2D eigenvalue weighted by Gasteiger charge is 2.19. The van der Waals surface area contributed by atoms with Crippen LogP contribution in [0.4, 0.5) is 5.69 Å². The maximum Gasteiger partial charge on any atom is 0.297 e. The predicted octanol–water partition coefficient (Wildman–Crippen LogP) is 4.69. The number of carbonyl (C=O) groups is 1. The van der Waals surface area contributed by atoms with Crippen molar-refractivity contribution in [2.75, 3.05) is 25.3 Å². The molecule has 4 aromatic rings. The van der Waals surface area contributed by atoms with Crippen LogP contribution in [0.25, 0.3) is 22.1 Å². The Hall–Kier alpha value is -3.46. The van der Waals surface area contributed by atoms with Crippen LogP contribution in [-0.4, -0.2) is 35.4 Å². The van der Waals surface area contributed by atoms with E-state index in [4.69, 9.17) is 18.9 Å². The Morgan fingerprint density at radius 2 is 2.00 bits per heavy atom. The molecule has 1 N–H and O–H groups in total. The van der Waals surface area contributed by atoms with Crippen molar-refractivity contribution in [3.63, 3.8) is 0 Å². The second-order valence-electron chi connectivity index (χ2n) is 7.38. The molecule has 2 aromatic heterocycles. The summed E-state index contributed by atoms with van der Waals surface area (Å²) in [6.07, 6.45) is 1.74. The molecule has 0 aliphatic heterocycles. The van der Waals surface area contributed by atoms with Crippen LogP contribution < -0.4 is 20.3 Å². The molecular weight excluding hydrogens is 442 g/mol.